The Morgan fingerprint density at radius 2 is 1.94 bits per heavy atom. The van der Waals surface area contributed by atoms with Gasteiger partial charge in [0.05, 0.1) is 0 Å². The number of carbonyl (C=O) groups excluding carboxylic acids is 1. The number of rotatable bonds is 3. The molecule has 2 saturated heterocycles. The lowest BCUT2D eigenvalue weighted by Crippen LogP contribution is -2.56. The summed E-state index contributed by atoms with van der Waals surface area (Å²) in [7, 11) is 1.68. The number of ether oxygens (including phenoxy) is 1. The van der Waals surface area contributed by atoms with Gasteiger partial charge in [0.1, 0.15) is 5.60 Å². The zero-order chi connectivity index (χ0) is 13.0. The molecular formula is C14H26N2O2. The van der Waals surface area contributed by atoms with Crippen LogP contribution in [-0.2, 0) is 9.53 Å². The maximum absolute atomic E-state index is 12.7. The molecule has 2 heterocycles. The molecule has 0 aromatic heterocycles. The molecule has 104 valence electrons. The van der Waals surface area contributed by atoms with Gasteiger partial charge >= 0.3 is 0 Å². The van der Waals surface area contributed by atoms with Crippen molar-refractivity contribution in [2.24, 2.45) is 5.92 Å². The highest BCUT2D eigenvalue weighted by Gasteiger charge is 2.42. The van der Waals surface area contributed by atoms with Crippen LogP contribution >= 0.6 is 0 Å². The van der Waals surface area contributed by atoms with Gasteiger partial charge in [0.2, 0.25) is 0 Å². The van der Waals surface area contributed by atoms with Crippen molar-refractivity contribution >= 4 is 5.91 Å². The SMILES string of the molecule is CCC1CCN(C(=O)C2(OC)CCNCC2)CC1. The van der Waals surface area contributed by atoms with Crippen LogP contribution in [0.15, 0.2) is 0 Å². The van der Waals surface area contributed by atoms with Crippen molar-refractivity contribution in [3.8, 4) is 0 Å². The zero-order valence-corrected chi connectivity index (χ0v) is 11.7. The van der Waals surface area contributed by atoms with E-state index in [-0.39, 0.29) is 5.91 Å². The number of nitrogens with one attached hydrogen (secondary N) is 1. The van der Waals surface area contributed by atoms with E-state index < -0.39 is 5.60 Å². The molecule has 0 aromatic rings. The Bertz CT molecular complexity index is 280. The second kappa shape index (κ2) is 6.02. The largest absolute Gasteiger partial charge is 0.368 e. The maximum atomic E-state index is 12.7. The lowest BCUT2D eigenvalue weighted by Gasteiger charge is -2.41. The van der Waals surface area contributed by atoms with Crippen molar-refractivity contribution in [2.45, 2.75) is 44.6 Å². The average molecular weight is 254 g/mol. The highest BCUT2D eigenvalue weighted by atomic mass is 16.5. The third-order valence-corrected chi connectivity index (χ3v) is 4.67. The van der Waals surface area contributed by atoms with Crippen LogP contribution in [0.5, 0.6) is 0 Å². The quantitative estimate of drug-likeness (QED) is 0.828. The lowest BCUT2D eigenvalue weighted by atomic mass is 9.88. The van der Waals surface area contributed by atoms with Gasteiger partial charge in [0, 0.05) is 20.2 Å². The van der Waals surface area contributed by atoms with Gasteiger partial charge in [-0.3, -0.25) is 4.79 Å². The topological polar surface area (TPSA) is 41.6 Å². The molecule has 0 aromatic carbocycles. The summed E-state index contributed by atoms with van der Waals surface area (Å²) >= 11 is 0. The number of carbonyl (C=O) groups is 1. The van der Waals surface area contributed by atoms with Crippen molar-refractivity contribution in [2.75, 3.05) is 33.3 Å². The van der Waals surface area contributed by atoms with Crippen molar-refractivity contribution in [3.05, 3.63) is 0 Å². The summed E-state index contributed by atoms with van der Waals surface area (Å²) < 4.78 is 5.62. The Hall–Kier alpha value is -0.610. The van der Waals surface area contributed by atoms with Gasteiger partial charge < -0.3 is 15.0 Å². The van der Waals surface area contributed by atoms with Crippen LogP contribution in [0, 0.1) is 5.92 Å². The Labute approximate surface area is 110 Å². The fourth-order valence-electron chi connectivity index (χ4n) is 3.17. The minimum Gasteiger partial charge on any atom is -0.368 e. The molecule has 0 spiro atoms. The molecule has 2 aliphatic rings. The highest BCUT2D eigenvalue weighted by Crippen LogP contribution is 2.28. The first kappa shape index (κ1) is 13.8. The predicted molar refractivity (Wildman–Crippen MR) is 71.4 cm³/mol. The number of piperidine rings is 2. The van der Waals surface area contributed by atoms with Crippen LogP contribution in [0.3, 0.4) is 0 Å². The lowest BCUT2D eigenvalue weighted by molar-refractivity contribution is -0.159. The van der Waals surface area contributed by atoms with Gasteiger partial charge in [-0.2, -0.15) is 0 Å². The van der Waals surface area contributed by atoms with E-state index in [0.29, 0.717) is 0 Å². The van der Waals surface area contributed by atoms with Crippen LogP contribution in [-0.4, -0.2) is 49.7 Å². The van der Waals surface area contributed by atoms with E-state index in [9.17, 15) is 4.79 Å². The van der Waals surface area contributed by atoms with Crippen LogP contribution in [0.25, 0.3) is 0 Å². The first-order valence-electron chi connectivity index (χ1n) is 7.27. The van der Waals surface area contributed by atoms with Crippen molar-refractivity contribution in [1.82, 2.24) is 10.2 Å². The summed E-state index contributed by atoms with van der Waals surface area (Å²) in [5.74, 6) is 1.03. The third-order valence-electron chi connectivity index (χ3n) is 4.67. The van der Waals surface area contributed by atoms with E-state index in [0.717, 1.165) is 57.8 Å². The van der Waals surface area contributed by atoms with Crippen LogP contribution < -0.4 is 5.32 Å². The van der Waals surface area contributed by atoms with Gasteiger partial charge in [-0.15, -0.1) is 0 Å². The van der Waals surface area contributed by atoms with E-state index in [1.54, 1.807) is 7.11 Å². The Kier molecular flexibility index (Phi) is 4.62. The zero-order valence-electron chi connectivity index (χ0n) is 11.7. The normalized spacial score (nSPS) is 25.1. The van der Waals surface area contributed by atoms with E-state index in [2.05, 4.69) is 12.2 Å². The molecule has 0 radical (unpaired) electrons. The molecule has 2 rings (SSSR count). The van der Waals surface area contributed by atoms with Crippen molar-refractivity contribution < 1.29 is 9.53 Å². The fourth-order valence-corrected chi connectivity index (χ4v) is 3.17. The molecule has 1 amide bonds. The van der Waals surface area contributed by atoms with E-state index in [1.807, 2.05) is 4.90 Å². The third kappa shape index (κ3) is 2.69. The average Bonchev–Trinajstić information content (AvgIpc) is 2.47. The molecule has 1 N–H and O–H groups in total. The summed E-state index contributed by atoms with van der Waals surface area (Å²) in [5.41, 5.74) is -0.551. The summed E-state index contributed by atoms with van der Waals surface area (Å²) in [5, 5.41) is 3.30. The van der Waals surface area contributed by atoms with Gasteiger partial charge in [-0.05, 0) is 44.7 Å². The number of amides is 1. The van der Waals surface area contributed by atoms with E-state index in [4.69, 9.17) is 4.74 Å². The second-order valence-corrected chi connectivity index (χ2v) is 5.59. The van der Waals surface area contributed by atoms with E-state index in [1.165, 1.54) is 6.42 Å². The first-order chi connectivity index (χ1) is 8.72. The fraction of sp³-hybridized carbons (Fsp3) is 0.929. The number of likely N-dealkylation sites (tertiary alicyclic amines) is 1. The number of methoxy groups -OCH3 is 1. The van der Waals surface area contributed by atoms with E-state index >= 15 is 0 Å². The van der Waals surface area contributed by atoms with Crippen molar-refractivity contribution in [1.29, 1.82) is 0 Å². The summed E-state index contributed by atoms with van der Waals surface area (Å²) in [6, 6.07) is 0. The predicted octanol–water partition coefficient (Wildman–Crippen LogP) is 1.40. The summed E-state index contributed by atoms with van der Waals surface area (Å²) in [4.78, 5) is 14.7. The molecule has 0 aliphatic carbocycles. The van der Waals surface area contributed by atoms with Crippen molar-refractivity contribution in [3.63, 3.8) is 0 Å². The maximum Gasteiger partial charge on any atom is 0.254 e. The number of nitrogens with zero attached hydrogens (tertiary/aromatic N) is 1. The van der Waals surface area contributed by atoms with Crippen LogP contribution in [0.1, 0.15) is 39.0 Å². The molecule has 4 nitrogen and oxygen atoms in total. The Morgan fingerprint density at radius 1 is 1.33 bits per heavy atom. The molecule has 0 atom stereocenters. The van der Waals surface area contributed by atoms with Gasteiger partial charge in [0.15, 0.2) is 0 Å². The smallest absolute Gasteiger partial charge is 0.254 e. The molecule has 0 unspecified atom stereocenters. The summed E-state index contributed by atoms with van der Waals surface area (Å²) in [6.45, 7) is 5.83. The molecular weight excluding hydrogens is 228 g/mol. The standard InChI is InChI=1S/C14H26N2O2/c1-3-12-4-10-16(11-5-12)13(17)14(18-2)6-8-15-9-7-14/h12,15H,3-11H2,1-2H3. The monoisotopic (exact) mass is 254 g/mol. The van der Waals surface area contributed by atoms with Gasteiger partial charge in [-0.1, -0.05) is 13.3 Å². The van der Waals surface area contributed by atoms with Gasteiger partial charge in [-0.25, -0.2) is 0 Å². The highest BCUT2D eigenvalue weighted by molar-refractivity contribution is 5.85. The van der Waals surface area contributed by atoms with Crippen LogP contribution in [0.2, 0.25) is 0 Å². The molecule has 2 aliphatic heterocycles. The number of hydrogen-bond donors (Lipinski definition) is 1. The minimum atomic E-state index is -0.551. The summed E-state index contributed by atoms with van der Waals surface area (Å²) in [6.07, 6.45) is 5.15. The Morgan fingerprint density at radius 3 is 2.44 bits per heavy atom. The first-order valence-corrected chi connectivity index (χ1v) is 7.27. The molecule has 2 fully saturated rings. The molecule has 4 heteroatoms. The number of hydrogen-bond acceptors (Lipinski definition) is 3. The minimum absolute atomic E-state index is 0.223. The molecule has 18 heavy (non-hydrogen) atoms. The molecule has 0 bridgehead atoms. The van der Waals surface area contributed by atoms with Crippen LogP contribution in [0.4, 0.5) is 0 Å². The molecule has 0 saturated carbocycles. The second-order valence-electron chi connectivity index (χ2n) is 5.59. The Balaban J connectivity index is 1.97. The van der Waals surface area contributed by atoms with Gasteiger partial charge in [0.25, 0.3) is 5.91 Å².